The number of carbonyl (C=O) groups is 1. The fourth-order valence-electron chi connectivity index (χ4n) is 2.51. The summed E-state index contributed by atoms with van der Waals surface area (Å²) < 4.78 is 0. The summed E-state index contributed by atoms with van der Waals surface area (Å²) in [6.07, 6.45) is 7.76. The van der Waals surface area contributed by atoms with E-state index in [2.05, 4.69) is 17.1 Å². The van der Waals surface area contributed by atoms with Gasteiger partial charge in [0.25, 0.3) is 0 Å². The molecule has 1 heterocycles. The Morgan fingerprint density at radius 3 is 2.44 bits per heavy atom. The topological polar surface area (TPSA) is 32.3 Å². The van der Waals surface area contributed by atoms with E-state index in [4.69, 9.17) is 0 Å². The number of hydrogen-bond donors (Lipinski definition) is 1. The van der Waals surface area contributed by atoms with Crippen molar-refractivity contribution in [1.29, 1.82) is 0 Å². The van der Waals surface area contributed by atoms with Crippen molar-refractivity contribution in [3.8, 4) is 0 Å². The Labute approximate surface area is 98.6 Å². The van der Waals surface area contributed by atoms with Crippen molar-refractivity contribution in [2.45, 2.75) is 51.5 Å². The third-order valence-electron chi connectivity index (χ3n) is 3.78. The molecule has 1 saturated carbocycles. The molecule has 1 atom stereocenters. The van der Waals surface area contributed by atoms with Gasteiger partial charge in [0.05, 0.1) is 6.54 Å². The summed E-state index contributed by atoms with van der Waals surface area (Å²) in [4.78, 5) is 14.1. The third-order valence-corrected chi connectivity index (χ3v) is 3.78. The number of amides is 1. The highest BCUT2D eigenvalue weighted by molar-refractivity contribution is 5.78. The van der Waals surface area contributed by atoms with Crippen molar-refractivity contribution >= 4 is 5.91 Å². The molecule has 0 aromatic heterocycles. The average Bonchev–Trinajstić information content (AvgIpc) is 3.05. The molecule has 3 nitrogen and oxygen atoms in total. The maximum atomic E-state index is 11.8. The van der Waals surface area contributed by atoms with Crippen LogP contribution in [0.2, 0.25) is 0 Å². The van der Waals surface area contributed by atoms with Crippen LogP contribution in [0.3, 0.4) is 0 Å². The van der Waals surface area contributed by atoms with Gasteiger partial charge in [-0.15, -0.1) is 0 Å². The molecule has 0 radical (unpaired) electrons. The van der Waals surface area contributed by atoms with Gasteiger partial charge >= 0.3 is 0 Å². The molecule has 0 bridgehead atoms. The minimum atomic E-state index is 0.223. The van der Waals surface area contributed by atoms with E-state index in [-0.39, 0.29) is 5.91 Å². The summed E-state index contributed by atoms with van der Waals surface area (Å²) in [5.41, 5.74) is 0. The molecule has 92 valence electrons. The standard InChI is InChI=1S/C13H24N2O/c1-11(12-6-7-12)14-13(16)10-15-8-4-2-3-5-9-15/h11-12H,2-10H2,1H3,(H,14,16). The second kappa shape index (κ2) is 5.67. The van der Waals surface area contributed by atoms with Crippen molar-refractivity contribution in [3.63, 3.8) is 0 Å². The van der Waals surface area contributed by atoms with Crippen molar-refractivity contribution in [1.82, 2.24) is 10.2 Å². The fourth-order valence-corrected chi connectivity index (χ4v) is 2.51. The molecule has 0 aromatic rings. The maximum Gasteiger partial charge on any atom is 0.234 e. The summed E-state index contributed by atoms with van der Waals surface area (Å²) >= 11 is 0. The van der Waals surface area contributed by atoms with E-state index < -0.39 is 0 Å². The maximum absolute atomic E-state index is 11.8. The molecule has 0 aromatic carbocycles. The predicted octanol–water partition coefficient (Wildman–Crippen LogP) is 1.78. The van der Waals surface area contributed by atoms with Gasteiger partial charge < -0.3 is 5.32 Å². The van der Waals surface area contributed by atoms with Crippen LogP contribution in [0.15, 0.2) is 0 Å². The number of hydrogen-bond acceptors (Lipinski definition) is 2. The minimum Gasteiger partial charge on any atom is -0.352 e. The molecule has 2 fully saturated rings. The molecule has 1 aliphatic heterocycles. The Hall–Kier alpha value is -0.570. The first kappa shape index (κ1) is 11.9. The highest BCUT2D eigenvalue weighted by atomic mass is 16.2. The van der Waals surface area contributed by atoms with Crippen LogP contribution in [0, 0.1) is 5.92 Å². The van der Waals surface area contributed by atoms with Gasteiger partial charge in [-0.3, -0.25) is 9.69 Å². The Balaban J connectivity index is 1.68. The molecule has 3 heteroatoms. The fraction of sp³-hybridized carbons (Fsp3) is 0.923. The Bertz CT molecular complexity index is 230. The van der Waals surface area contributed by atoms with Crippen LogP contribution in [-0.4, -0.2) is 36.5 Å². The monoisotopic (exact) mass is 224 g/mol. The summed E-state index contributed by atoms with van der Waals surface area (Å²) in [5, 5.41) is 3.13. The van der Waals surface area contributed by atoms with E-state index in [9.17, 15) is 4.79 Å². The third kappa shape index (κ3) is 3.78. The summed E-state index contributed by atoms with van der Waals surface area (Å²) in [7, 11) is 0. The summed E-state index contributed by atoms with van der Waals surface area (Å²) in [5.74, 6) is 0.981. The molecular weight excluding hydrogens is 200 g/mol. The number of nitrogens with one attached hydrogen (secondary N) is 1. The highest BCUT2D eigenvalue weighted by Gasteiger charge is 2.29. The number of nitrogens with zero attached hydrogens (tertiary/aromatic N) is 1. The van der Waals surface area contributed by atoms with Gasteiger partial charge in [-0.2, -0.15) is 0 Å². The molecule has 1 amide bonds. The second-order valence-electron chi connectivity index (χ2n) is 5.38. The second-order valence-corrected chi connectivity index (χ2v) is 5.38. The summed E-state index contributed by atoms with van der Waals surface area (Å²) in [6, 6.07) is 0.388. The molecule has 1 unspecified atom stereocenters. The number of likely N-dealkylation sites (tertiary alicyclic amines) is 1. The van der Waals surface area contributed by atoms with E-state index in [1.165, 1.54) is 38.5 Å². The lowest BCUT2D eigenvalue weighted by molar-refractivity contribution is -0.123. The van der Waals surface area contributed by atoms with E-state index in [1.807, 2.05) is 0 Å². The van der Waals surface area contributed by atoms with Crippen molar-refractivity contribution < 1.29 is 4.79 Å². The van der Waals surface area contributed by atoms with Gasteiger partial charge in [0, 0.05) is 6.04 Å². The predicted molar refractivity (Wildman–Crippen MR) is 65.2 cm³/mol. The summed E-state index contributed by atoms with van der Waals surface area (Å²) in [6.45, 7) is 4.95. The average molecular weight is 224 g/mol. The van der Waals surface area contributed by atoms with E-state index in [0.717, 1.165) is 19.0 Å². The van der Waals surface area contributed by atoms with Crippen LogP contribution in [0.5, 0.6) is 0 Å². The van der Waals surface area contributed by atoms with Crippen LogP contribution in [0.1, 0.15) is 45.4 Å². The Kier molecular flexibility index (Phi) is 4.22. The van der Waals surface area contributed by atoms with Gasteiger partial charge in [-0.1, -0.05) is 12.8 Å². The van der Waals surface area contributed by atoms with Crippen LogP contribution in [0.25, 0.3) is 0 Å². The van der Waals surface area contributed by atoms with Crippen molar-refractivity contribution in [3.05, 3.63) is 0 Å². The number of rotatable bonds is 4. The molecule has 1 N–H and O–H groups in total. The normalized spacial score (nSPS) is 24.8. The molecule has 1 saturated heterocycles. The number of carbonyl (C=O) groups excluding carboxylic acids is 1. The lowest BCUT2D eigenvalue weighted by Gasteiger charge is -2.20. The zero-order valence-electron chi connectivity index (χ0n) is 10.4. The zero-order valence-corrected chi connectivity index (χ0v) is 10.4. The molecule has 0 spiro atoms. The van der Waals surface area contributed by atoms with Gasteiger partial charge in [0.2, 0.25) is 5.91 Å². The van der Waals surface area contributed by atoms with Crippen LogP contribution in [-0.2, 0) is 4.79 Å². The quantitative estimate of drug-likeness (QED) is 0.789. The Morgan fingerprint density at radius 2 is 1.88 bits per heavy atom. The Morgan fingerprint density at radius 1 is 1.25 bits per heavy atom. The van der Waals surface area contributed by atoms with E-state index >= 15 is 0 Å². The first-order valence-corrected chi connectivity index (χ1v) is 6.77. The molecule has 1 aliphatic carbocycles. The van der Waals surface area contributed by atoms with Crippen LogP contribution >= 0.6 is 0 Å². The molecule has 2 rings (SSSR count). The molecular formula is C13H24N2O. The van der Waals surface area contributed by atoms with Crippen LogP contribution in [0.4, 0.5) is 0 Å². The van der Waals surface area contributed by atoms with E-state index in [1.54, 1.807) is 0 Å². The first-order valence-electron chi connectivity index (χ1n) is 6.77. The van der Waals surface area contributed by atoms with Crippen LogP contribution < -0.4 is 5.32 Å². The first-order chi connectivity index (χ1) is 7.75. The van der Waals surface area contributed by atoms with E-state index in [0.29, 0.717) is 12.6 Å². The lowest BCUT2D eigenvalue weighted by Crippen LogP contribution is -2.42. The largest absolute Gasteiger partial charge is 0.352 e. The lowest BCUT2D eigenvalue weighted by atomic mass is 10.2. The van der Waals surface area contributed by atoms with Gasteiger partial charge in [0.15, 0.2) is 0 Å². The van der Waals surface area contributed by atoms with Gasteiger partial charge in [-0.25, -0.2) is 0 Å². The SMILES string of the molecule is CC(NC(=O)CN1CCCCCC1)C1CC1. The zero-order chi connectivity index (χ0) is 11.4. The van der Waals surface area contributed by atoms with Crippen molar-refractivity contribution in [2.24, 2.45) is 5.92 Å². The van der Waals surface area contributed by atoms with Gasteiger partial charge in [-0.05, 0) is 51.6 Å². The molecule has 2 aliphatic rings. The highest BCUT2D eigenvalue weighted by Crippen LogP contribution is 2.32. The van der Waals surface area contributed by atoms with Gasteiger partial charge in [0.1, 0.15) is 0 Å². The smallest absolute Gasteiger partial charge is 0.234 e. The molecule has 16 heavy (non-hydrogen) atoms. The minimum absolute atomic E-state index is 0.223. The van der Waals surface area contributed by atoms with Crippen molar-refractivity contribution in [2.75, 3.05) is 19.6 Å².